The lowest BCUT2D eigenvalue weighted by atomic mass is 9.91. The van der Waals surface area contributed by atoms with Crippen LogP contribution in [0.2, 0.25) is 0 Å². The molecule has 1 N–H and O–H groups in total. The Morgan fingerprint density at radius 3 is 2.91 bits per heavy atom. The van der Waals surface area contributed by atoms with Gasteiger partial charge in [-0.2, -0.15) is 0 Å². The standard InChI is InChI=1S/C17H26FN3O2/c1-12(20-16(22)23-17(2,3)4)13-7-6-10-21(11-13)15-14(18)8-5-9-19-15/h5,8-9,12-13H,6-7,10-11H2,1-4H3,(H,20,22). The summed E-state index contributed by atoms with van der Waals surface area (Å²) >= 11 is 0. The normalized spacial score (nSPS) is 20.0. The van der Waals surface area contributed by atoms with Crippen LogP contribution in [-0.4, -0.2) is 35.8 Å². The zero-order valence-electron chi connectivity index (χ0n) is 14.3. The van der Waals surface area contributed by atoms with E-state index in [2.05, 4.69) is 10.3 Å². The first-order valence-electron chi connectivity index (χ1n) is 8.11. The molecule has 1 amide bonds. The zero-order chi connectivity index (χ0) is 17.0. The summed E-state index contributed by atoms with van der Waals surface area (Å²) in [5, 5.41) is 2.89. The highest BCUT2D eigenvalue weighted by Crippen LogP contribution is 2.25. The van der Waals surface area contributed by atoms with E-state index in [0.717, 1.165) is 19.4 Å². The molecule has 1 fully saturated rings. The molecule has 0 spiro atoms. The number of nitrogens with zero attached hydrogens (tertiary/aromatic N) is 2. The molecular weight excluding hydrogens is 297 g/mol. The molecule has 2 heterocycles. The summed E-state index contributed by atoms with van der Waals surface area (Å²) < 4.78 is 19.2. The Balaban J connectivity index is 1.95. The van der Waals surface area contributed by atoms with Crippen LogP contribution in [0.1, 0.15) is 40.5 Å². The molecule has 2 atom stereocenters. The molecule has 2 unspecified atom stereocenters. The van der Waals surface area contributed by atoms with Crippen LogP contribution < -0.4 is 10.2 Å². The fourth-order valence-electron chi connectivity index (χ4n) is 2.83. The minimum absolute atomic E-state index is 0.0422. The molecular formula is C17H26FN3O2. The number of rotatable bonds is 3. The number of alkyl carbamates (subject to hydrolysis) is 1. The average molecular weight is 323 g/mol. The Morgan fingerprint density at radius 1 is 1.52 bits per heavy atom. The fourth-order valence-corrected chi connectivity index (χ4v) is 2.83. The summed E-state index contributed by atoms with van der Waals surface area (Å²) in [7, 11) is 0. The summed E-state index contributed by atoms with van der Waals surface area (Å²) in [5.74, 6) is 0.320. The van der Waals surface area contributed by atoms with Gasteiger partial charge in [0.15, 0.2) is 11.6 Å². The summed E-state index contributed by atoms with van der Waals surface area (Å²) in [6.07, 6.45) is 3.12. The molecule has 5 nitrogen and oxygen atoms in total. The van der Waals surface area contributed by atoms with Crippen molar-refractivity contribution < 1.29 is 13.9 Å². The van der Waals surface area contributed by atoms with Crippen LogP contribution >= 0.6 is 0 Å². The number of ether oxygens (including phenoxy) is 1. The first kappa shape index (κ1) is 17.5. The average Bonchev–Trinajstić information content (AvgIpc) is 2.45. The maximum Gasteiger partial charge on any atom is 0.407 e. The van der Waals surface area contributed by atoms with E-state index in [0.29, 0.717) is 12.4 Å². The van der Waals surface area contributed by atoms with Crippen molar-refractivity contribution in [3.63, 3.8) is 0 Å². The zero-order valence-corrected chi connectivity index (χ0v) is 14.3. The Labute approximate surface area is 137 Å². The number of aromatic nitrogens is 1. The van der Waals surface area contributed by atoms with E-state index in [-0.39, 0.29) is 17.8 Å². The number of pyridine rings is 1. The molecule has 2 rings (SSSR count). The smallest absolute Gasteiger partial charge is 0.407 e. The number of hydrogen-bond donors (Lipinski definition) is 1. The van der Waals surface area contributed by atoms with Gasteiger partial charge in [-0.25, -0.2) is 14.2 Å². The highest BCUT2D eigenvalue weighted by molar-refractivity contribution is 5.68. The summed E-state index contributed by atoms with van der Waals surface area (Å²) in [4.78, 5) is 18.0. The van der Waals surface area contributed by atoms with Gasteiger partial charge in [0.25, 0.3) is 0 Å². The molecule has 0 aliphatic carbocycles. The first-order chi connectivity index (χ1) is 10.8. The van der Waals surface area contributed by atoms with E-state index >= 15 is 0 Å². The largest absolute Gasteiger partial charge is 0.444 e. The van der Waals surface area contributed by atoms with Gasteiger partial charge in [-0.15, -0.1) is 0 Å². The van der Waals surface area contributed by atoms with Crippen molar-refractivity contribution in [1.82, 2.24) is 10.3 Å². The van der Waals surface area contributed by atoms with Crippen molar-refractivity contribution in [3.05, 3.63) is 24.1 Å². The third-order valence-corrected chi connectivity index (χ3v) is 3.95. The summed E-state index contributed by atoms with van der Waals surface area (Å²) in [5.41, 5.74) is -0.514. The predicted molar refractivity (Wildman–Crippen MR) is 88.0 cm³/mol. The number of carbonyl (C=O) groups excluding carboxylic acids is 1. The second kappa shape index (κ2) is 7.15. The highest BCUT2D eigenvalue weighted by Gasteiger charge is 2.28. The van der Waals surface area contributed by atoms with Crippen molar-refractivity contribution in [1.29, 1.82) is 0 Å². The van der Waals surface area contributed by atoms with E-state index in [1.165, 1.54) is 6.07 Å². The Kier molecular flexibility index (Phi) is 5.44. The lowest BCUT2D eigenvalue weighted by Gasteiger charge is -2.36. The number of carbonyl (C=O) groups is 1. The number of hydrogen-bond acceptors (Lipinski definition) is 4. The molecule has 128 valence electrons. The number of anilines is 1. The van der Waals surface area contributed by atoms with Gasteiger partial charge in [-0.1, -0.05) is 0 Å². The third-order valence-electron chi connectivity index (χ3n) is 3.95. The van der Waals surface area contributed by atoms with Crippen molar-refractivity contribution in [2.45, 2.75) is 52.2 Å². The third kappa shape index (κ3) is 5.08. The predicted octanol–water partition coefficient (Wildman–Crippen LogP) is 3.35. The SMILES string of the molecule is CC(NC(=O)OC(C)(C)C)C1CCCN(c2ncccc2F)C1. The monoisotopic (exact) mass is 323 g/mol. The number of piperidine rings is 1. The molecule has 1 saturated heterocycles. The van der Waals surface area contributed by atoms with Crippen LogP contribution in [0.3, 0.4) is 0 Å². The summed E-state index contributed by atoms with van der Waals surface area (Å²) in [6, 6.07) is 2.97. The highest BCUT2D eigenvalue weighted by atomic mass is 19.1. The maximum atomic E-state index is 13.9. The van der Waals surface area contributed by atoms with Gasteiger partial charge in [0.1, 0.15) is 5.60 Å². The lowest BCUT2D eigenvalue weighted by molar-refractivity contribution is 0.0489. The molecule has 23 heavy (non-hydrogen) atoms. The van der Waals surface area contributed by atoms with E-state index in [9.17, 15) is 9.18 Å². The number of nitrogens with one attached hydrogen (secondary N) is 1. The van der Waals surface area contributed by atoms with Crippen LogP contribution in [0.5, 0.6) is 0 Å². The Hall–Kier alpha value is -1.85. The van der Waals surface area contributed by atoms with Crippen molar-refractivity contribution >= 4 is 11.9 Å². The second-order valence-corrected chi connectivity index (χ2v) is 7.09. The Bertz CT molecular complexity index is 545. The molecule has 6 heteroatoms. The number of amides is 1. The molecule has 1 aliphatic rings. The van der Waals surface area contributed by atoms with Gasteiger partial charge in [-0.3, -0.25) is 0 Å². The molecule has 0 radical (unpaired) electrons. The van der Waals surface area contributed by atoms with E-state index in [1.807, 2.05) is 32.6 Å². The minimum atomic E-state index is -0.514. The van der Waals surface area contributed by atoms with Gasteiger partial charge in [0.2, 0.25) is 0 Å². The van der Waals surface area contributed by atoms with Crippen LogP contribution in [0.25, 0.3) is 0 Å². The molecule has 1 aromatic rings. The fraction of sp³-hybridized carbons (Fsp3) is 0.647. The topological polar surface area (TPSA) is 54.5 Å². The van der Waals surface area contributed by atoms with Gasteiger partial charge < -0.3 is 15.0 Å². The van der Waals surface area contributed by atoms with Gasteiger partial charge in [0, 0.05) is 25.3 Å². The molecule has 0 bridgehead atoms. The quantitative estimate of drug-likeness (QED) is 0.927. The molecule has 0 saturated carbocycles. The van der Waals surface area contributed by atoms with Crippen molar-refractivity contribution in [3.8, 4) is 0 Å². The first-order valence-corrected chi connectivity index (χ1v) is 8.11. The van der Waals surface area contributed by atoms with E-state index in [1.54, 1.807) is 12.3 Å². The molecule has 1 aromatic heterocycles. The van der Waals surface area contributed by atoms with E-state index in [4.69, 9.17) is 4.74 Å². The van der Waals surface area contributed by atoms with Gasteiger partial charge in [-0.05, 0) is 58.6 Å². The minimum Gasteiger partial charge on any atom is -0.444 e. The van der Waals surface area contributed by atoms with Crippen molar-refractivity contribution in [2.75, 3.05) is 18.0 Å². The van der Waals surface area contributed by atoms with Gasteiger partial charge in [0.05, 0.1) is 0 Å². The number of halogens is 1. The van der Waals surface area contributed by atoms with Crippen molar-refractivity contribution in [2.24, 2.45) is 5.92 Å². The molecule has 1 aliphatic heterocycles. The Morgan fingerprint density at radius 2 is 2.26 bits per heavy atom. The van der Waals surface area contributed by atoms with Crippen LogP contribution in [0.15, 0.2) is 18.3 Å². The molecule has 0 aromatic carbocycles. The van der Waals surface area contributed by atoms with Crippen LogP contribution in [-0.2, 0) is 4.74 Å². The maximum absolute atomic E-state index is 13.9. The van der Waals surface area contributed by atoms with E-state index < -0.39 is 11.7 Å². The summed E-state index contributed by atoms with van der Waals surface area (Å²) in [6.45, 7) is 8.93. The lowest BCUT2D eigenvalue weighted by Crippen LogP contribution is -2.47. The van der Waals surface area contributed by atoms with Gasteiger partial charge >= 0.3 is 6.09 Å². The second-order valence-electron chi connectivity index (χ2n) is 7.09. The van der Waals surface area contributed by atoms with Crippen LogP contribution in [0, 0.1) is 11.7 Å². The van der Waals surface area contributed by atoms with Crippen LogP contribution in [0.4, 0.5) is 15.0 Å².